The monoisotopic (exact) mass is 377 g/mol. The van der Waals surface area contributed by atoms with E-state index >= 15 is 0 Å². The number of hydrogen-bond donors (Lipinski definition) is 1. The van der Waals surface area contributed by atoms with Crippen LogP contribution in [-0.2, 0) is 4.79 Å². The quantitative estimate of drug-likeness (QED) is 0.634. The molecule has 0 aromatic heterocycles. The third kappa shape index (κ3) is 5.85. The predicted octanol–water partition coefficient (Wildman–Crippen LogP) is 4.85. The van der Waals surface area contributed by atoms with Gasteiger partial charge in [0.25, 0.3) is 0 Å². The van der Waals surface area contributed by atoms with Crippen molar-refractivity contribution in [2.24, 2.45) is 0 Å². The van der Waals surface area contributed by atoms with Gasteiger partial charge in [0.2, 0.25) is 5.91 Å². The molecule has 0 fully saturated rings. The van der Waals surface area contributed by atoms with E-state index in [1.165, 1.54) is 14.2 Å². The zero-order chi connectivity index (χ0) is 18.9. The van der Waals surface area contributed by atoms with Crippen LogP contribution in [0.2, 0.25) is 5.02 Å². The number of benzene rings is 2. The van der Waals surface area contributed by atoms with Crippen molar-refractivity contribution in [1.29, 1.82) is 0 Å². The number of hydrogen-bond acceptors (Lipinski definition) is 4. The lowest BCUT2D eigenvalue weighted by Gasteiger charge is -2.13. The van der Waals surface area contributed by atoms with E-state index in [9.17, 15) is 4.79 Å². The second-order valence-corrected chi connectivity index (χ2v) is 6.26. The fourth-order valence-electron chi connectivity index (χ4n) is 2.45. The van der Waals surface area contributed by atoms with Crippen LogP contribution in [0.3, 0.4) is 0 Å². The van der Waals surface area contributed by atoms with Gasteiger partial charge in [-0.05, 0) is 43.5 Å². The molecule has 0 saturated heterocycles. The summed E-state index contributed by atoms with van der Waals surface area (Å²) in [5.41, 5.74) is 1.69. The molecule has 0 spiro atoms. The minimum absolute atomic E-state index is 0.0971. The van der Waals surface area contributed by atoms with Gasteiger partial charge in [0.15, 0.2) is 0 Å². The SMILES string of the molecule is COc1cc(OC)c(NC(=O)CCCCOc2cccc(C)c2)cc1Cl. The summed E-state index contributed by atoms with van der Waals surface area (Å²) in [5.74, 6) is 1.75. The lowest BCUT2D eigenvalue weighted by atomic mass is 10.2. The van der Waals surface area contributed by atoms with Gasteiger partial charge < -0.3 is 19.5 Å². The number of nitrogens with one attached hydrogen (secondary N) is 1. The second kappa shape index (κ2) is 9.92. The number of carbonyl (C=O) groups excluding carboxylic acids is 1. The first-order chi connectivity index (χ1) is 12.5. The summed E-state index contributed by atoms with van der Waals surface area (Å²) >= 11 is 6.11. The van der Waals surface area contributed by atoms with Gasteiger partial charge in [0.1, 0.15) is 17.2 Å². The molecule has 0 aliphatic heterocycles. The summed E-state index contributed by atoms with van der Waals surface area (Å²) in [6.45, 7) is 2.60. The Morgan fingerprint density at radius 2 is 1.85 bits per heavy atom. The summed E-state index contributed by atoms with van der Waals surface area (Å²) in [6.07, 6.45) is 1.91. The summed E-state index contributed by atoms with van der Waals surface area (Å²) < 4.78 is 16.1. The standard InChI is InChI=1S/C20H24ClNO4/c1-14-7-6-8-15(11-14)26-10-5-4-9-20(23)22-17-12-16(21)18(24-2)13-19(17)25-3/h6-8,11-13H,4-5,9-10H2,1-3H3,(H,22,23). The van der Waals surface area contributed by atoms with Gasteiger partial charge in [0, 0.05) is 12.5 Å². The summed E-state index contributed by atoms with van der Waals surface area (Å²) in [6, 6.07) is 11.2. The first-order valence-electron chi connectivity index (χ1n) is 8.44. The van der Waals surface area contributed by atoms with Crippen molar-refractivity contribution in [3.05, 3.63) is 47.0 Å². The molecule has 0 bridgehead atoms. The molecule has 2 aromatic carbocycles. The maximum Gasteiger partial charge on any atom is 0.224 e. The first-order valence-corrected chi connectivity index (χ1v) is 8.82. The Kier molecular flexibility index (Phi) is 7.60. The fourth-order valence-corrected chi connectivity index (χ4v) is 2.69. The third-order valence-corrected chi connectivity index (χ3v) is 4.10. The molecule has 0 unspecified atom stereocenters. The highest BCUT2D eigenvalue weighted by molar-refractivity contribution is 6.32. The second-order valence-electron chi connectivity index (χ2n) is 5.86. The third-order valence-electron chi connectivity index (χ3n) is 3.80. The van der Waals surface area contributed by atoms with Crippen molar-refractivity contribution >= 4 is 23.2 Å². The Bertz CT molecular complexity index is 749. The number of rotatable bonds is 9. The zero-order valence-electron chi connectivity index (χ0n) is 15.3. The Morgan fingerprint density at radius 1 is 1.08 bits per heavy atom. The van der Waals surface area contributed by atoms with E-state index in [1.807, 2.05) is 31.2 Å². The lowest BCUT2D eigenvalue weighted by Crippen LogP contribution is -2.12. The van der Waals surface area contributed by atoms with E-state index in [0.29, 0.717) is 35.2 Å². The molecule has 0 atom stereocenters. The van der Waals surface area contributed by atoms with Crippen molar-refractivity contribution in [2.75, 3.05) is 26.1 Å². The normalized spacial score (nSPS) is 10.3. The van der Waals surface area contributed by atoms with Gasteiger partial charge in [-0.2, -0.15) is 0 Å². The smallest absolute Gasteiger partial charge is 0.224 e. The Balaban J connectivity index is 1.77. The minimum Gasteiger partial charge on any atom is -0.495 e. The molecule has 2 rings (SSSR count). The van der Waals surface area contributed by atoms with Crippen molar-refractivity contribution in [1.82, 2.24) is 0 Å². The number of methoxy groups -OCH3 is 2. The molecule has 0 heterocycles. The minimum atomic E-state index is -0.0971. The molecule has 140 valence electrons. The Morgan fingerprint density at radius 3 is 2.54 bits per heavy atom. The topological polar surface area (TPSA) is 56.8 Å². The lowest BCUT2D eigenvalue weighted by molar-refractivity contribution is -0.116. The van der Waals surface area contributed by atoms with Crippen molar-refractivity contribution in [2.45, 2.75) is 26.2 Å². The molecule has 26 heavy (non-hydrogen) atoms. The Hall–Kier alpha value is -2.40. The van der Waals surface area contributed by atoms with Crippen LogP contribution in [-0.4, -0.2) is 26.7 Å². The van der Waals surface area contributed by atoms with Crippen LogP contribution in [0.25, 0.3) is 0 Å². The molecule has 1 N–H and O–H groups in total. The molecule has 0 aliphatic rings. The molecule has 6 heteroatoms. The van der Waals surface area contributed by atoms with E-state index < -0.39 is 0 Å². The molecule has 5 nitrogen and oxygen atoms in total. The molecule has 2 aromatic rings. The first kappa shape index (κ1) is 19.9. The van der Waals surface area contributed by atoms with Crippen LogP contribution in [0.15, 0.2) is 36.4 Å². The van der Waals surface area contributed by atoms with Crippen molar-refractivity contribution in [3.8, 4) is 17.2 Å². The van der Waals surface area contributed by atoms with Crippen molar-refractivity contribution < 1.29 is 19.0 Å². The highest BCUT2D eigenvalue weighted by atomic mass is 35.5. The van der Waals surface area contributed by atoms with Crippen LogP contribution >= 0.6 is 11.6 Å². The average Bonchev–Trinajstić information content (AvgIpc) is 2.62. The van der Waals surface area contributed by atoms with Gasteiger partial charge in [-0.3, -0.25) is 4.79 Å². The number of amides is 1. The van der Waals surface area contributed by atoms with Gasteiger partial charge in [-0.1, -0.05) is 23.7 Å². The van der Waals surface area contributed by atoms with Gasteiger partial charge in [-0.15, -0.1) is 0 Å². The van der Waals surface area contributed by atoms with Crippen LogP contribution in [0.5, 0.6) is 17.2 Å². The highest BCUT2D eigenvalue weighted by Crippen LogP contribution is 2.35. The van der Waals surface area contributed by atoms with E-state index in [0.717, 1.165) is 24.2 Å². The van der Waals surface area contributed by atoms with E-state index in [-0.39, 0.29) is 5.91 Å². The molecule has 0 radical (unpaired) electrons. The number of aryl methyl sites for hydroxylation is 1. The molecular formula is C20H24ClNO4. The number of anilines is 1. The summed E-state index contributed by atoms with van der Waals surface area (Å²) in [5, 5.41) is 3.24. The largest absolute Gasteiger partial charge is 0.495 e. The maximum atomic E-state index is 12.1. The zero-order valence-corrected chi connectivity index (χ0v) is 16.1. The molecule has 1 amide bonds. The highest BCUT2D eigenvalue weighted by Gasteiger charge is 2.12. The number of halogens is 1. The number of carbonyl (C=O) groups is 1. The number of ether oxygens (including phenoxy) is 3. The molecule has 0 saturated carbocycles. The average molecular weight is 378 g/mol. The van der Waals surface area contributed by atoms with Crippen LogP contribution in [0.4, 0.5) is 5.69 Å². The number of unbranched alkanes of at least 4 members (excludes halogenated alkanes) is 1. The van der Waals surface area contributed by atoms with Crippen LogP contribution in [0.1, 0.15) is 24.8 Å². The predicted molar refractivity (Wildman–Crippen MR) is 104 cm³/mol. The van der Waals surface area contributed by atoms with Gasteiger partial charge in [-0.25, -0.2) is 0 Å². The van der Waals surface area contributed by atoms with Crippen molar-refractivity contribution in [3.63, 3.8) is 0 Å². The summed E-state index contributed by atoms with van der Waals surface area (Å²) in [4.78, 5) is 12.1. The molecular weight excluding hydrogens is 354 g/mol. The van der Waals surface area contributed by atoms with Gasteiger partial charge >= 0.3 is 0 Å². The Labute approximate surface area is 159 Å². The van der Waals surface area contributed by atoms with E-state index in [1.54, 1.807) is 12.1 Å². The fraction of sp³-hybridized carbons (Fsp3) is 0.350. The molecule has 0 aliphatic carbocycles. The van der Waals surface area contributed by atoms with Crippen LogP contribution < -0.4 is 19.5 Å². The van der Waals surface area contributed by atoms with Gasteiger partial charge in [0.05, 0.1) is 31.5 Å². The van der Waals surface area contributed by atoms with Crippen LogP contribution in [0, 0.1) is 6.92 Å². The van der Waals surface area contributed by atoms with E-state index in [4.69, 9.17) is 25.8 Å². The maximum absolute atomic E-state index is 12.1. The summed E-state index contributed by atoms with van der Waals surface area (Å²) in [7, 11) is 3.05. The van der Waals surface area contributed by atoms with E-state index in [2.05, 4.69) is 5.32 Å².